The molecule has 0 aliphatic carbocycles. The van der Waals surface area contributed by atoms with Gasteiger partial charge < -0.3 is 0 Å². The van der Waals surface area contributed by atoms with Gasteiger partial charge >= 0.3 is 5.96 Å². The molecule has 1 aromatic heterocycles. The second-order valence-electron chi connectivity index (χ2n) is 3.45. The Kier molecular flexibility index (Phi) is 1.89. The van der Waals surface area contributed by atoms with Gasteiger partial charge in [-0.3, -0.25) is 5.32 Å². The monoisotopic (exact) mass is 221 g/mol. The van der Waals surface area contributed by atoms with E-state index in [4.69, 9.17) is 11.6 Å². The van der Waals surface area contributed by atoms with E-state index in [2.05, 4.69) is 15.4 Å². The van der Waals surface area contributed by atoms with Gasteiger partial charge in [0.25, 0.3) is 0 Å². The summed E-state index contributed by atoms with van der Waals surface area (Å²) in [6, 6.07) is 5.82. The standard InChI is InChI=1S/C10H9ClN4/c11-8-3-1-2-7-6-15(14-9(7)8)10-12-4-5-13-10/h1-3,6H,4-5H2,(H,12,13)/p+1. The molecule has 2 aromatic rings. The highest BCUT2D eigenvalue weighted by molar-refractivity contribution is 6.34. The molecular weight excluding hydrogens is 212 g/mol. The number of rotatable bonds is 0. The van der Waals surface area contributed by atoms with Crippen LogP contribution in [0.5, 0.6) is 0 Å². The average Bonchev–Trinajstić information content (AvgIpc) is 2.86. The van der Waals surface area contributed by atoms with Crippen LogP contribution >= 0.6 is 11.6 Å². The van der Waals surface area contributed by atoms with Crippen LogP contribution in [0.15, 0.2) is 29.4 Å². The first-order valence-corrected chi connectivity index (χ1v) is 5.20. The zero-order chi connectivity index (χ0) is 10.3. The first-order chi connectivity index (χ1) is 7.34. The van der Waals surface area contributed by atoms with Crippen LogP contribution in [0.1, 0.15) is 0 Å². The smallest absolute Gasteiger partial charge is 0.270 e. The number of aromatic amines is 1. The molecular formula is C10H10ClN4+. The van der Waals surface area contributed by atoms with Crippen molar-refractivity contribution in [1.82, 2.24) is 10.4 Å². The van der Waals surface area contributed by atoms with Gasteiger partial charge in [0.1, 0.15) is 12.7 Å². The molecule has 0 atom stereocenters. The van der Waals surface area contributed by atoms with Gasteiger partial charge in [-0.15, -0.1) is 9.67 Å². The summed E-state index contributed by atoms with van der Waals surface area (Å²) in [5.74, 6) is 0.849. The summed E-state index contributed by atoms with van der Waals surface area (Å²) < 4.78 is 1.86. The Hall–Kier alpha value is -1.55. The Morgan fingerprint density at radius 3 is 3.07 bits per heavy atom. The van der Waals surface area contributed by atoms with Gasteiger partial charge in [-0.2, -0.15) is 0 Å². The largest absolute Gasteiger partial charge is 0.408 e. The predicted molar refractivity (Wildman–Crippen MR) is 59.2 cm³/mol. The molecule has 2 heterocycles. The normalized spacial score (nSPS) is 15.4. The molecule has 0 bridgehead atoms. The van der Waals surface area contributed by atoms with Gasteiger partial charge in [0.2, 0.25) is 0 Å². The highest BCUT2D eigenvalue weighted by atomic mass is 35.5. The summed E-state index contributed by atoms with van der Waals surface area (Å²) in [5, 5.41) is 8.20. The molecule has 3 rings (SSSR count). The number of nitrogens with one attached hydrogen (secondary N) is 2. The van der Waals surface area contributed by atoms with E-state index in [1.54, 1.807) is 0 Å². The van der Waals surface area contributed by atoms with Crippen LogP contribution in [0.25, 0.3) is 10.9 Å². The Bertz CT molecular complexity index is 543. The molecule has 5 heteroatoms. The lowest BCUT2D eigenvalue weighted by Crippen LogP contribution is -2.50. The SMILES string of the molecule is Clc1cccc2c[n+](C3=NCCN3)[nH]c12. The fourth-order valence-electron chi connectivity index (χ4n) is 1.72. The van der Waals surface area contributed by atoms with E-state index in [1.807, 2.05) is 29.1 Å². The van der Waals surface area contributed by atoms with Gasteiger partial charge in [0, 0.05) is 5.39 Å². The van der Waals surface area contributed by atoms with E-state index in [9.17, 15) is 0 Å². The number of nitrogens with zero attached hydrogens (tertiary/aromatic N) is 2. The first kappa shape index (κ1) is 8.73. The van der Waals surface area contributed by atoms with Gasteiger partial charge in [0.15, 0.2) is 0 Å². The summed E-state index contributed by atoms with van der Waals surface area (Å²) in [5.41, 5.74) is 0.940. The number of hydrogen-bond donors (Lipinski definition) is 2. The minimum absolute atomic E-state index is 0.727. The van der Waals surface area contributed by atoms with E-state index in [0.717, 1.165) is 35.0 Å². The van der Waals surface area contributed by atoms with Crippen molar-refractivity contribution in [2.75, 3.05) is 13.1 Å². The van der Waals surface area contributed by atoms with Crippen molar-refractivity contribution in [3.8, 4) is 0 Å². The zero-order valence-electron chi connectivity index (χ0n) is 8.00. The lowest BCUT2D eigenvalue weighted by atomic mass is 10.3. The number of hydrogen-bond acceptors (Lipinski definition) is 2. The second-order valence-corrected chi connectivity index (χ2v) is 3.85. The van der Waals surface area contributed by atoms with E-state index in [1.165, 1.54) is 0 Å². The molecule has 1 aromatic carbocycles. The third kappa shape index (κ3) is 1.37. The van der Waals surface area contributed by atoms with Crippen LogP contribution in [0.3, 0.4) is 0 Å². The van der Waals surface area contributed by atoms with Gasteiger partial charge in [-0.25, -0.2) is 5.10 Å². The summed E-state index contributed by atoms with van der Waals surface area (Å²) in [6.45, 7) is 1.72. The molecule has 0 fully saturated rings. The van der Waals surface area contributed by atoms with Crippen molar-refractivity contribution < 1.29 is 4.68 Å². The quantitative estimate of drug-likeness (QED) is 0.639. The number of para-hydroxylation sites is 1. The molecule has 0 radical (unpaired) electrons. The maximum Gasteiger partial charge on any atom is 0.408 e. The van der Waals surface area contributed by atoms with Crippen LogP contribution in [0.2, 0.25) is 5.02 Å². The van der Waals surface area contributed by atoms with Crippen LogP contribution in [0.4, 0.5) is 0 Å². The Labute approximate surface area is 91.6 Å². The number of halogens is 1. The summed E-state index contributed by atoms with van der Waals surface area (Å²) >= 11 is 6.07. The maximum absolute atomic E-state index is 6.07. The Morgan fingerprint density at radius 2 is 2.33 bits per heavy atom. The summed E-state index contributed by atoms with van der Waals surface area (Å²) in [7, 11) is 0. The van der Waals surface area contributed by atoms with Gasteiger partial charge in [-0.05, 0) is 12.1 Å². The number of H-pyrrole nitrogens is 1. The third-order valence-electron chi connectivity index (χ3n) is 2.43. The van der Waals surface area contributed by atoms with Crippen molar-refractivity contribution >= 4 is 28.5 Å². The zero-order valence-corrected chi connectivity index (χ0v) is 8.75. The second kappa shape index (κ2) is 3.24. The van der Waals surface area contributed by atoms with E-state index in [0.29, 0.717) is 0 Å². The minimum Gasteiger partial charge on any atom is -0.270 e. The van der Waals surface area contributed by atoms with Crippen LogP contribution < -0.4 is 10.00 Å². The van der Waals surface area contributed by atoms with Gasteiger partial charge in [-0.1, -0.05) is 17.7 Å². The van der Waals surface area contributed by atoms with Crippen molar-refractivity contribution in [1.29, 1.82) is 0 Å². The third-order valence-corrected chi connectivity index (χ3v) is 2.75. The molecule has 76 valence electrons. The van der Waals surface area contributed by atoms with Crippen LogP contribution in [-0.4, -0.2) is 24.1 Å². The van der Waals surface area contributed by atoms with Crippen molar-refractivity contribution in [2.45, 2.75) is 0 Å². The highest BCUT2D eigenvalue weighted by Crippen LogP contribution is 2.19. The molecule has 1 aliphatic rings. The van der Waals surface area contributed by atoms with Crippen molar-refractivity contribution in [3.05, 3.63) is 29.4 Å². The molecule has 2 N–H and O–H groups in total. The molecule has 4 nitrogen and oxygen atoms in total. The van der Waals surface area contributed by atoms with Crippen LogP contribution in [0, 0.1) is 0 Å². The Balaban J connectivity index is 2.18. The predicted octanol–water partition coefficient (Wildman–Crippen LogP) is 0.916. The number of aliphatic imine (C=N–C) groups is 1. The lowest BCUT2D eigenvalue weighted by molar-refractivity contribution is -0.618. The molecule has 0 unspecified atom stereocenters. The van der Waals surface area contributed by atoms with Crippen molar-refractivity contribution in [2.24, 2.45) is 4.99 Å². The summed E-state index contributed by atoms with van der Waals surface area (Å²) in [4.78, 5) is 4.33. The number of aromatic nitrogens is 2. The fourth-order valence-corrected chi connectivity index (χ4v) is 1.94. The molecule has 0 saturated carbocycles. The lowest BCUT2D eigenvalue weighted by Gasteiger charge is -1.91. The summed E-state index contributed by atoms with van der Waals surface area (Å²) in [6.07, 6.45) is 1.98. The highest BCUT2D eigenvalue weighted by Gasteiger charge is 2.18. The van der Waals surface area contributed by atoms with E-state index >= 15 is 0 Å². The Morgan fingerprint density at radius 1 is 1.40 bits per heavy atom. The topological polar surface area (TPSA) is 44.1 Å². The molecule has 15 heavy (non-hydrogen) atoms. The molecule has 0 saturated heterocycles. The van der Waals surface area contributed by atoms with E-state index < -0.39 is 0 Å². The molecule has 1 aliphatic heterocycles. The molecule has 0 amide bonds. The number of fused-ring (bicyclic) bond motifs is 1. The maximum atomic E-state index is 6.07. The van der Waals surface area contributed by atoms with Crippen LogP contribution in [-0.2, 0) is 0 Å². The number of benzene rings is 1. The first-order valence-electron chi connectivity index (χ1n) is 4.82. The van der Waals surface area contributed by atoms with Crippen molar-refractivity contribution in [3.63, 3.8) is 0 Å². The average molecular weight is 222 g/mol. The van der Waals surface area contributed by atoms with E-state index in [-0.39, 0.29) is 0 Å². The minimum atomic E-state index is 0.727. The molecule has 0 spiro atoms. The van der Waals surface area contributed by atoms with Gasteiger partial charge in [0.05, 0.1) is 17.1 Å². The fraction of sp³-hybridized carbons (Fsp3) is 0.200.